The van der Waals surface area contributed by atoms with E-state index in [4.69, 9.17) is 5.73 Å². The van der Waals surface area contributed by atoms with Crippen LogP contribution in [0.2, 0.25) is 0 Å². The van der Waals surface area contributed by atoms with Gasteiger partial charge in [-0.05, 0) is 30.9 Å². The van der Waals surface area contributed by atoms with Gasteiger partial charge in [0.15, 0.2) is 5.82 Å². The lowest BCUT2D eigenvalue weighted by Gasteiger charge is -2.42. The van der Waals surface area contributed by atoms with Crippen molar-refractivity contribution in [3.05, 3.63) is 35.7 Å². The van der Waals surface area contributed by atoms with E-state index in [1.165, 1.54) is 0 Å². The molecule has 1 aromatic heterocycles. The Bertz CT molecular complexity index is 710. The molecule has 1 aliphatic rings. The van der Waals surface area contributed by atoms with Crippen molar-refractivity contribution in [1.29, 1.82) is 0 Å². The van der Waals surface area contributed by atoms with Gasteiger partial charge >= 0.3 is 0 Å². The number of amides is 1. The molecule has 130 valence electrons. The van der Waals surface area contributed by atoms with Crippen molar-refractivity contribution < 1.29 is 4.79 Å². The number of nitrogens with two attached hydrogens (primary N) is 1. The van der Waals surface area contributed by atoms with E-state index < -0.39 is 0 Å². The first-order valence-electron chi connectivity index (χ1n) is 7.91. The Hall–Kier alpha value is -1.92. The minimum Gasteiger partial charge on any atom is -0.338 e. The maximum absolute atomic E-state index is 12.7. The van der Waals surface area contributed by atoms with Gasteiger partial charge in [-0.15, -0.1) is 12.4 Å². The minimum absolute atomic E-state index is 0. The molecule has 0 radical (unpaired) electrons. The van der Waals surface area contributed by atoms with Gasteiger partial charge in [0.1, 0.15) is 5.82 Å². The first-order valence-corrected chi connectivity index (χ1v) is 7.91. The molecule has 0 spiro atoms. The lowest BCUT2D eigenvalue weighted by Crippen LogP contribution is -2.53. The second-order valence-corrected chi connectivity index (χ2v) is 6.93. The molecule has 0 bridgehead atoms. The average molecular weight is 350 g/mol. The molecule has 3 N–H and O–H groups in total. The number of likely N-dealkylation sites (tertiary alicyclic amines) is 1. The van der Waals surface area contributed by atoms with Crippen LogP contribution in [0.4, 0.5) is 0 Å². The molecule has 0 aliphatic carbocycles. The van der Waals surface area contributed by atoms with Crippen molar-refractivity contribution in [2.45, 2.75) is 33.2 Å². The van der Waals surface area contributed by atoms with Crippen LogP contribution in [0.25, 0.3) is 11.4 Å². The van der Waals surface area contributed by atoms with Gasteiger partial charge in [0.05, 0.1) is 0 Å². The summed E-state index contributed by atoms with van der Waals surface area (Å²) < 4.78 is 0. The van der Waals surface area contributed by atoms with Crippen LogP contribution >= 0.6 is 12.4 Å². The summed E-state index contributed by atoms with van der Waals surface area (Å²) >= 11 is 0. The maximum atomic E-state index is 12.7. The third-order valence-corrected chi connectivity index (χ3v) is 4.59. The van der Waals surface area contributed by atoms with Crippen molar-refractivity contribution >= 4 is 18.3 Å². The van der Waals surface area contributed by atoms with E-state index in [-0.39, 0.29) is 29.8 Å². The van der Waals surface area contributed by atoms with Crippen molar-refractivity contribution in [2.75, 3.05) is 13.1 Å². The standard InChI is InChI=1S/C17H23N5O.ClH/c1-11-19-15(21-20-11)12-4-6-13(7-5-12)16(23)22-9-8-14(18)17(2,3)10-22;/h4-7,14H,8-10,18H2,1-3H3,(H,19,20,21);1H. The van der Waals surface area contributed by atoms with Crippen LogP contribution in [-0.4, -0.2) is 45.1 Å². The van der Waals surface area contributed by atoms with Gasteiger partial charge in [-0.25, -0.2) is 4.98 Å². The molecule has 2 heterocycles. The zero-order valence-corrected chi connectivity index (χ0v) is 15.1. The lowest BCUT2D eigenvalue weighted by atomic mass is 9.79. The van der Waals surface area contributed by atoms with E-state index in [1.54, 1.807) is 0 Å². The van der Waals surface area contributed by atoms with E-state index in [0.717, 1.165) is 17.8 Å². The van der Waals surface area contributed by atoms with E-state index >= 15 is 0 Å². The van der Waals surface area contributed by atoms with Gasteiger partial charge in [-0.3, -0.25) is 9.89 Å². The van der Waals surface area contributed by atoms with Crippen molar-refractivity contribution in [3.8, 4) is 11.4 Å². The van der Waals surface area contributed by atoms with Gasteiger partial charge in [0.2, 0.25) is 0 Å². The van der Waals surface area contributed by atoms with Gasteiger partial charge in [-0.2, -0.15) is 5.10 Å². The molecular weight excluding hydrogens is 326 g/mol. The topological polar surface area (TPSA) is 87.9 Å². The zero-order chi connectivity index (χ0) is 16.6. The highest BCUT2D eigenvalue weighted by molar-refractivity contribution is 5.94. The minimum atomic E-state index is -0.0512. The van der Waals surface area contributed by atoms with Crippen molar-refractivity contribution in [1.82, 2.24) is 20.1 Å². The number of piperidine rings is 1. The van der Waals surface area contributed by atoms with Crippen LogP contribution in [0.3, 0.4) is 0 Å². The molecule has 1 aromatic carbocycles. The molecule has 1 unspecified atom stereocenters. The highest BCUT2D eigenvalue weighted by Gasteiger charge is 2.35. The van der Waals surface area contributed by atoms with Crippen LogP contribution in [-0.2, 0) is 0 Å². The number of halogens is 1. The highest BCUT2D eigenvalue weighted by Crippen LogP contribution is 2.28. The van der Waals surface area contributed by atoms with E-state index in [9.17, 15) is 4.79 Å². The van der Waals surface area contributed by atoms with Crippen LogP contribution in [0.1, 0.15) is 36.5 Å². The number of carbonyl (C=O) groups is 1. The van der Waals surface area contributed by atoms with Gasteiger partial charge in [-0.1, -0.05) is 26.0 Å². The Morgan fingerprint density at radius 3 is 2.54 bits per heavy atom. The number of aromatic amines is 1. The van der Waals surface area contributed by atoms with Crippen LogP contribution in [0.5, 0.6) is 0 Å². The van der Waals surface area contributed by atoms with Crippen molar-refractivity contribution in [3.63, 3.8) is 0 Å². The first kappa shape index (κ1) is 18.4. The van der Waals surface area contributed by atoms with E-state index in [2.05, 4.69) is 29.0 Å². The smallest absolute Gasteiger partial charge is 0.253 e. The highest BCUT2D eigenvalue weighted by atomic mass is 35.5. The molecule has 1 fully saturated rings. The van der Waals surface area contributed by atoms with Crippen LogP contribution < -0.4 is 5.73 Å². The number of hydrogen-bond donors (Lipinski definition) is 2. The molecule has 1 amide bonds. The number of nitrogens with zero attached hydrogens (tertiary/aromatic N) is 3. The number of rotatable bonds is 2. The number of nitrogens with one attached hydrogen (secondary N) is 1. The summed E-state index contributed by atoms with van der Waals surface area (Å²) in [6.07, 6.45) is 0.841. The second kappa shape index (κ2) is 6.91. The number of aryl methyl sites for hydroxylation is 1. The Labute approximate surface area is 148 Å². The van der Waals surface area contributed by atoms with Crippen LogP contribution in [0, 0.1) is 12.3 Å². The zero-order valence-electron chi connectivity index (χ0n) is 14.2. The monoisotopic (exact) mass is 349 g/mol. The Morgan fingerprint density at radius 2 is 2.00 bits per heavy atom. The average Bonchev–Trinajstić information content (AvgIpc) is 2.96. The fraction of sp³-hybridized carbons (Fsp3) is 0.471. The van der Waals surface area contributed by atoms with Crippen molar-refractivity contribution in [2.24, 2.45) is 11.1 Å². The summed E-state index contributed by atoms with van der Waals surface area (Å²) in [6.45, 7) is 7.49. The molecule has 1 saturated heterocycles. The third kappa shape index (κ3) is 3.60. The van der Waals surface area contributed by atoms with E-state index in [1.807, 2.05) is 36.1 Å². The molecule has 24 heavy (non-hydrogen) atoms. The maximum Gasteiger partial charge on any atom is 0.253 e. The summed E-state index contributed by atoms with van der Waals surface area (Å²) in [7, 11) is 0. The fourth-order valence-corrected chi connectivity index (χ4v) is 2.96. The third-order valence-electron chi connectivity index (χ3n) is 4.59. The molecule has 3 rings (SSSR count). The molecule has 1 aliphatic heterocycles. The lowest BCUT2D eigenvalue weighted by molar-refractivity contribution is 0.0533. The molecule has 2 aromatic rings. The Kier molecular flexibility index (Phi) is 5.30. The van der Waals surface area contributed by atoms with E-state index in [0.29, 0.717) is 24.5 Å². The molecule has 6 nitrogen and oxygen atoms in total. The second-order valence-electron chi connectivity index (χ2n) is 6.93. The largest absolute Gasteiger partial charge is 0.338 e. The van der Waals surface area contributed by atoms with Gasteiger partial charge < -0.3 is 10.6 Å². The molecule has 7 heteroatoms. The summed E-state index contributed by atoms with van der Waals surface area (Å²) in [5.41, 5.74) is 7.68. The Morgan fingerprint density at radius 1 is 1.33 bits per heavy atom. The normalized spacial score (nSPS) is 19.7. The predicted octanol–water partition coefficient (Wildman–Crippen LogP) is 2.40. The summed E-state index contributed by atoms with van der Waals surface area (Å²) in [4.78, 5) is 18.9. The van der Waals surface area contributed by atoms with Gasteiger partial charge in [0.25, 0.3) is 5.91 Å². The first-order chi connectivity index (χ1) is 10.9. The fourth-order valence-electron chi connectivity index (χ4n) is 2.96. The number of H-pyrrole nitrogens is 1. The number of hydrogen-bond acceptors (Lipinski definition) is 4. The number of benzene rings is 1. The summed E-state index contributed by atoms with van der Waals surface area (Å²) in [5, 5.41) is 6.95. The molecular formula is C17H24ClN5O. The number of aromatic nitrogens is 3. The molecule has 1 atom stereocenters. The summed E-state index contributed by atoms with van der Waals surface area (Å²) in [6, 6.07) is 7.59. The number of carbonyl (C=O) groups excluding carboxylic acids is 1. The van der Waals surface area contributed by atoms with Crippen LogP contribution in [0.15, 0.2) is 24.3 Å². The quantitative estimate of drug-likeness (QED) is 0.871. The SMILES string of the molecule is Cc1nc(-c2ccc(C(=O)N3CCC(N)C(C)(C)C3)cc2)n[nH]1.Cl. The summed E-state index contributed by atoms with van der Waals surface area (Å²) in [5.74, 6) is 1.47. The molecule has 0 saturated carbocycles. The van der Waals surface area contributed by atoms with Gasteiger partial charge in [0, 0.05) is 30.3 Å². The Balaban J connectivity index is 0.00000208. The predicted molar refractivity (Wildman–Crippen MR) is 96.1 cm³/mol.